The first-order valence-corrected chi connectivity index (χ1v) is 9.40. The fourth-order valence-electron chi connectivity index (χ4n) is 2.28. The van der Waals surface area contributed by atoms with Gasteiger partial charge < -0.3 is 4.57 Å². The Morgan fingerprint density at radius 1 is 1.36 bits per heavy atom. The van der Waals surface area contributed by atoms with Crippen LogP contribution in [-0.4, -0.2) is 35.7 Å². The predicted octanol–water partition coefficient (Wildman–Crippen LogP) is 2.88. The lowest BCUT2D eigenvalue weighted by Crippen LogP contribution is -2.02. The highest BCUT2D eigenvalue weighted by atomic mass is 32.2. The number of aromatic nitrogens is 4. The third kappa shape index (κ3) is 2.55. The van der Waals surface area contributed by atoms with Crippen molar-refractivity contribution in [1.82, 2.24) is 19.5 Å². The fraction of sp³-hybridized carbons (Fsp3) is 0.267. The van der Waals surface area contributed by atoms with E-state index in [1.54, 1.807) is 24.0 Å². The van der Waals surface area contributed by atoms with Crippen LogP contribution in [0.1, 0.15) is 6.92 Å². The zero-order valence-electron chi connectivity index (χ0n) is 12.6. The van der Waals surface area contributed by atoms with Crippen molar-refractivity contribution in [2.24, 2.45) is 7.05 Å². The molecule has 0 aliphatic carbocycles. The van der Waals surface area contributed by atoms with Crippen molar-refractivity contribution in [3.8, 4) is 11.5 Å². The minimum Gasteiger partial charge on any atom is -0.310 e. The SMILES string of the molecule is CCS(=O)c1cccnc1-c1nc2cc(SC)cnc2n1C. The molecule has 3 heterocycles. The van der Waals surface area contributed by atoms with Crippen molar-refractivity contribution in [2.45, 2.75) is 16.7 Å². The van der Waals surface area contributed by atoms with Gasteiger partial charge in [-0.1, -0.05) is 6.92 Å². The molecule has 0 N–H and O–H groups in total. The largest absolute Gasteiger partial charge is 0.310 e. The molecule has 0 fully saturated rings. The second kappa shape index (κ2) is 6.18. The molecular formula is C15H16N4OS2. The molecule has 7 heteroatoms. The summed E-state index contributed by atoms with van der Waals surface area (Å²) < 4.78 is 14.2. The molecular weight excluding hydrogens is 316 g/mol. The predicted molar refractivity (Wildman–Crippen MR) is 90.5 cm³/mol. The number of rotatable bonds is 4. The van der Waals surface area contributed by atoms with Crippen LogP contribution in [0.15, 0.2) is 40.4 Å². The van der Waals surface area contributed by atoms with E-state index >= 15 is 0 Å². The Morgan fingerprint density at radius 2 is 2.18 bits per heavy atom. The van der Waals surface area contributed by atoms with E-state index in [1.165, 1.54) is 0 Å². The van der Waals surface area contributed by atoms with Gasteiger partial charge in [-0.15, -0.1) is 11.8 Å². The number of nitrogens with zero attached hydrogens (tertiary/aromatic N) is 4. The van der Waals surface area contributed by atoms with E-state index in [0.717, 1.165) is 16.1 Å². The molecule has 5 nitrogen and oxygen atoms in total. The van der Waals surface area contributed by atoms with Crippen LogP contribution in [0.2, 0.25) is 0 Å². The van der Waals surface area contributed by atoms with Gasteiger partial charge in [0.1, 0.15) is 11.2 Å². The molecule has 22 heavy (non-hydrogen) atoms. The van der Waals surface area contributed by atoms with Gasteiger partial charge in [-0.3, -0.25) is 9.19 Å². The van der Waals surface area contributed by atoms with E-state index in [9.17, 15) is 4.21 Å². The molecule has 0 amide bonds. The first-order valence-electron chi connectivity index (χ1n) is 6.86. The summed E-state index contributed by atoms with van der Waals surface area (Å²) in [5.41, 5.74) is 2.28. The number of pyridine rings is 2. The highest BCUT2D eigenvalue weighted by Gasteiger charge is 2.18. The van der Waals surface area contributed by atoms with Crippen LogP contribution in [0.4, 0.5) is 0 Å². The quantitative estimate of drug-likeness (QED) is 0.688. The molecule has 0 saturated carbocycles. The van der Waals surface area contributed by atoms with E-state index < -0.39 is 10.8 Å². The van der Waals surface area contributed by atoms with Crippen molar-refractivity contribution in [3.05, 3.63) is 30.6 Å². The number of thioether (sulfide) groups is 1. The maximum absolute atomic E-state index is 12.2. The van der Waals surface area contributed by atoms with E-state index in [4.69, 9.17) is 0 Å². The third-order valence-electron chi connectivity index (χ3n) is 3.41. The van der Waals surface area contributed by atoms with Gasteiger partial charge in [0.15, 0.2) is 11.5 Å². The molecule has 0 spiro atoms. The summed E-state index contributed by atoms with van der Waals surface area (Å²) in [6.07, 6.45) is 5.54. The van der Waals surface area contributed by atoms with Gasteiger partial charge in [0.25, 0.3) is 0 Å². The molecule has 3 rings (SSSR count). The minimum atomic E-state index is -1.08. The third-order valence-corrected chi connectivity index (χ3v) is 5.45. The molecule has 0 aromatic carbocycles. The van der Waals surface area contributed by atoms with E-state index in [1.807, 2.05) is 43.1 Å². The molecule has 0 aliphatic heterocycles. The summed E-state index contributed by atoms with van der Waals surface area (Å²) in [5.74, 6) is 1.25. The summed E-state index contributed by atoms with van der Waals surface area (Å²) in [5, 5.41) is 0. The average molecular weight is 332 g/mol. The summed E-state index contributed by atoms with van der Waals surface area (Å²) >= 11 is 1.63. The van der Waals surface area contributed by atoms with Crippen LogP contribution in [-0.2, 0) is 17.8 Å². The molecule has 1 atom stereocenters. The highest BCUT2D eigenvalue weighted by molar-refractivity contribution is 7.98. The lowest BCUT2D eigenvalue weighted by molar-refractivity contribution is 0.683. The van der Waals surface area contributed by atoms with Crippen molar-refractivity contribution in [3.63, 3.8) is 0 Å². The van der Waals surface area contributed by atoms with Gasteiger partial charge in [-0.25, -0.2) is 9.97 Å². The topological polar surface area (TPSA) is 60.7 Å². The van der Waals surface area contributed by atoms with Gasteiger partial charge >= 0.3 is 0 Å². The van der Waals surface area contributed by atoms with Crippen LogP contribution in [0.5, 0.6) is 0 Å². The Morgan fingerprint density at radius 3 is 2.91 bits per heavy atom. The lowest BCUT2D eigenvalue weighted by atomic mass is 10.3. The second-order valence-electron chi connectivity index (χ2n) is 4.70. The molecule has 114 valence electrons. The van der Waals surface area contributed by atoms with Crippen LogP contribution < -0.4 is 0 Å². The van der Waals surface area contributed by atoms with E-state index in [-0.39, 0.29) is 0 Å². The monoisotopic (exact) mass is 332 g/mol. The molecule has 3 aromatic heterocycles. The number of imidazole rings is 1. The minimum absolute atomic E-state index is 0.553. The van der Waals surface area contributed by atoms with Crippen LogP contribution in [0.3, 0.4) is 0 Å². The van der Waals surface area contributed by atoms with Gasteiger partial charge in [0.05, 0.1) is 15.7 Å². The highest BCUT2D eigenvalue weighted by Crippen LogP contribution is 2.27. The lowest BCUT2D eigenvalue weighted by Gasteiger charge is -2.06. The second-order valence-corrected chi connectivity index (χ2v) is 7.28. The summed E-state index contributed by atoms with van der Waals surface area (Å²) in [4.78, 5) is 15.3. The fourth-order valence-corrected chi connectivity index (χ4v) is 3.57. The first-order chi connectivity index (χ1) is 10.7. The van der Waals surface area contributed by atoms with Gasteiger partial charge in [0, 0.05) is 30.1 Å². The molecule has 0 saturated heterocycles. The van der Waals surface area contributed by atoms with Crippen molar-refractivity contribution in [2.75, 3.05) is 12.0 Å². The van der Waals surface area contributed by atoms with Crippen molar-refractivity contribution < 1.29 is 4.21 Å². The van der Waals surface area contributed by atoms with E-state index in [0.29, 0.717) is 22.2 Å². The zero-order chi connectivity index (χ0) is 15.7. The smallest absolute Gasteiger partial charge is 0.162 e. The standard InChI is InChI=1S/C15H16N4OS2/c1-4-22(20)12-6-5-7-16-13(12)15-18-11-8-10(21-3)9-17-14(11)19(15)2/h5-9H,4H2,1-3H3. The Labute approximate surface area is 135 Å². The van der Waals surface area contributed by atoms with E-state index in [2.05, 4.69) is 15.0 Å². The summed E-state index contributed by atoms with van der Waals surface area (Å²) in [6.45, 7) is 1.90. The Hall–Kier alpha value is -1.73. The number of aryl methyl sites for hydroxylation is 1. The summed E-state index contributed by atoms with van der Waals surface area (Å²) in [6, 6.07) is 5.66. The number of hydrogen-bond donors (Lipinski definition) is 0. The molecule has 1 unspecified atom stereocenters. The Bertz CT molecular complexity index is 860. The normalized spacial score (nSPS) is 12.7. The number of hydrogen-bond acceptors (Lipinski definition) is 5. The molecule has 0 bridgehead atoms. The molecule has 0 radical (unpaired) electrons. The maximum atomic E-state index is 12.2. The van der Waals surface area contributed by atoms with Gasteiger partial charge in [-0.2, -0.15) is 0 Å². The maximum Gasteiger partial charge on any atom is 0.162 e. The first kappa shape index (κ1) is 15.2. The van der Waals surface area contributed by atoms with Crippen molar-refractivity contribution in [1.29, 1.82) is 0 Å². The molecule has 0 aliphatic rings. The van der Waals surface area contributed by atoms with Crippen LogP contribution in [0.25, 0.3) is 22.7 Å². The average Bonchev–Trinajstić information content (AvgIpc) is 2.90. The van der Waals surface area contributed by atoms with Crippen LogP contribution >= 0.6 is 11.8 Å². The Kier molecular flexibility index (Phi) is 4.26. The van der Waals surface area contributed by atoms with Gasteiger partial charge in [-0.05, 0) is 24.5 Å². The van der Waals surface area contributed by atoms with Crippen molar-refractivity contribution >= 4 is 33.7 Å². The molecule has 3 aromatic rings. The van der Waals surface area contributed by atoms with Crippen LogP contribution in [0, 0.1) is 0 Å². The van der Waals surface area contributed by atoms with Gasteiger partial charge in [0.2, 0.25) is 0 Å². The Balaban J connectivity index is 2.23. The zero-order valence-corrected chi connectivity index (χ0v) is 14.2. The summed E-state index contributed by atoms with van der Waals surface area (Å²) in [7, 11) is 0.828. The number of fused-ring (bicyclic) bond motifs is 1.